The lowest BCUT2D eigenvalue weighted by Crippen LogP contribution is -2.38. The minimum Gasteiger partial charge on any atom is -0.395 e. The van der Waals surface area contributed by atoms with Gasteiger partial charge >= 0.3 is 0 Å². The standard InChI is InChI=1S/C25H24F2N4O2/c1-24(2)15-9-10-25(24,20-8-4-7-18(29-20)23(33)28-11-12-32)22-14(15)13-19(30-31-22)21-16(26)5-3-6-17(21)27/h3-8,13,15,32H,9-12H2,1-2H3,(H,28,33)/t15-,25+/m0/s1. The van der Waals surface area contributed by atoms with Crippen molar-refractivity contribution in [1.29, 1.82) is 0 Å². The Bertz CT molecular complexity index is 1240. The van der Waals surface area contributed by atoms with Gasteiger partial charge in [-0.05, 0) is 60.1 Å². The van der Waals surface area contributed by atoms with Crippen LogP contribution in [0, 0.1) is 17.0 Å². The van der Waals surface area contributed by atoms with Gasteiger partial charge in [-0.15, -0.1) is 5.10 Å². The Kier molecular flexibility index (Phi) is 5.01. The molecule has 2 aromatic heterocycles. The van der Waals surface area contributed by atoms with E-state index in [-0.39, 0.29) is 47.3 Å². The van der Waals surface area contributed by atoms with E-state index in [1.54, 1.807) is 18.2 Å². The zero-order chi connectivity index (χ0) is 23.4. The number of rotatable bonds is 5. The van der Waals surface area contributed by atoms with Gasteiger partial charge in [-0.25, -0.2) is 13.8 Å². The number of hydrogen-bond donors (Lipinski definition) is 2. The molecule has 1 fully saturated rings. The maximum Gasteiger partial charge on any atom is 0.269 e. The molecule has 3 aromatic rings. The number of carbonyl (C=O) groups excluding carboxylic acids is 1. The van der Waals surface area contributed by atoms with Gasteiger partial charge < -0.3 is 10.4 Å². The number of nitrogens with one attached hydrogen (secondary N) is 1. The van der Waals surface area contributed by atoms with E-state index in [2.05, 4.69) is 29.4 Å². The third-order valence-corrected chi connectivity index (χ3v) is 7.42. The number of pyridine rings is 1. The average molecular weight is 450 g/mol. The summed E-state index contributed by atoms with van der Waals surface area (Å²) in [5.41, 5.74) is 1.81. The molecule has 1 amide bonds. The van der Waals surface area contributed by atoms with Crippen molar-refractivity contribution in [3.63, 3.8) is 0 Å². The number of aliphatic hydroxyl groups excluding tert-OH is 1. The van der Waals surface area contributed by atoms with E-state index in [1.165, 1.54) is 18.2 Å². The van der Waals surface area contributed by atoms with Crippen molar-refractivity contribution in [2.75, 3.05) is 13.2 Å². The van der Waals surface area contributed by atoms with Crippen molar-refractivity contribution in [3.8, 4) is 11.3 Å². The van der Waals surface area contributed by atoms with Crippen LogP contribution in [0.3, 0.4) is 0 Å². The molecular weight excluding hydrogens is 426 g/mol. The van der Waals surface area contributed by atoms with E-state index < -0.39 is 17.0 Å². The van der Waals surface area contributed by atoms with Crippen molar-refractivity contribution in [2.24, 2.45) is 5.41 Å². The summed E-state index contributed by atoms with van der Waals surface area (Å²) >= 11 is 0. The van der Waals surface area contributed by atoms with Crippen LogP contribution in [0.25, 0.3) is 11.3 Å². The van der Waals surface area contributed by atoms with Crippen LogP contribution >= 0.6 is 0 Å². The van der Waals surface area contributed by atoms with Gasteiger partial charge in [0.15, 0.2) is 0 Å². The molecule has 0 radical (unpaired) electrons. The highest BCUT2D eigenvalue weighted by atomic mass is 19.1. The van der Waals surface area contributed by atoms with Crippen LogP contribution in [-0.4, -0.2) is 39.3 Å². The van der Waals surface area contributed by atoms with E-state index in [4.69, 9.17) is 10.1 Å². The summed E-state index contributed by atoms with van der Waals surface area (Å²) in [6.07, 6.45) is 1.65. The Labute approximate surface area is 190 Å². The summed E-state index contributed by atoms with van der Waals surface area (Å²) in [5.74, 6) is -1.59. The minimum absolute atomic E-state index is 0.116. The second-order valence-corrected chi connectivity index (χ2v) is 9.24. The first kappa shape index (κ1) is 21.6. The number of halogens is 2. The molecule has 5 rings (SSSR count). The van der Waals surface area contributed by atoms with Crippen LogP contribution in [-0.2, 0) is 5.41 Å². The zero-order valence-corrected chi connectivity index (χ0v) is 18.4. The van der Waals surface area contributed by atoms with Crippen molar-refractivity contribution in [1.82, 2.24) is 20.5 Å². The fourth-order valence-corrected chi connectivity index (χ4v) is 5.82. The maximum atomic E-state index is 14.4. The molecule has 33 heavy (non-hydrogen) atoms. The minimum atomic E-state index is -0.676. The molecule has 0 aliphatic heterocycles. The lowest BCUT2D eigenvalue weighted by Gasteiger charge is -2.37. The predicted molar refractivity (Wildman–Crippen MR) is 118 cm³/mol. The molecule has 0 saturated heterocycles. The Morgan fingerprint density at radius 2 is 1.88 bits per heavy atom. The van der Waals surface area contributed by atoms with Crippen LogP contribution in [0.2, 0.25) is 0 Å². The van der Waals surface area contributed by atoms with Crippen LogP contribution in [0.1, 0.15) is 60.0 Å². The van der Waals surface area contributed by atoms with Gasteiger partial charge in [-0.1, -0.05) is 26.0 Å². The van der Waals surface area contributed by atoms with E-state index in [9.17, 15) is 13.6 Å². The summed E-state index contributed by atoms with van der Waals surface area (Å²) in [5, 5.41) is 20.4. The van der Waals surface area contributed by atoms with E-state index in [0.29, 0.717) is 0 Å². The molecule has 2 bridgehead atoms. The highest BCUT2D eigenvalue weighted by Crippen LogP contribution is 2.69. The lowest BCUT2D eigenvalue weighted by molar-refractivity contribution is 0.0938. The fraction of sp³-hybridized carbons (Fsp3) is 0.360. The third-order valence-electron chi connectivity index (χ3n) is 7.42. The van der Waals surface area contributed by atoms with Crippen molar-refractivity contribution in [2.45, 2.75) is 38.0 Å². The van der Waals surface area contributed by atoms with E-state index in [1.807, 2.05) is 6.07 Å². The van der Waals surface area contributed by atoms with Gasteiger partial charge in [0.25, 0.3) is 5.91 Å². The van der Waals surface area contributed by atoms with Gasteiger partial charge in [0.1, 0.15) is 17.3 Å². The molecular formula is C25H24F2N4O2. The number of carbonyl (C=O) groups is 1. The van der Waals surface area contributed by atoms with Crippen LogP contribution in [0.15, 0.2) is 42.5 Å². The topological polar surface area (TPSA) is 88.0 Å². The van der Waals surface area contributed by atoms with Gasteiger partial charge in [0, 0.05) is 6.54 Å². The largest absolute Gasteiger partial charge is 0.395 e. The molecule has 1 saturated carbocycles. The van der Waals surface area contributed by atoms with Crippen LogP contribution in [0.4, 0.5) is 8.78 Å². The molecule has 2 aliphatic carbocycles. The first-order valence-electron chi connectivity index (χ1n) is 11.0. The van der Waals surface area contributed by atoms with Crippen molar-refractivity contribution >= 4 is 5.91 Å². The highest BCUT2D eigenvalue weighted by molar-refractivity contribution is 5.92. The lowest BCUT2D eigenvalue weighted by atomic mass is 9.66. The number of nitrogens with zero attached hydrogens (tertiary/aromatic N) is 3. The SMILES string of the molecule is CC1(C)[C@H]2CC[C@@]1(c1cccc(C(=O)NCCO)n1)c1nnc(-c3c(F)cccc3F)cc12. The molecule has 2 N–H and O–H groups in total. The Balaban J connectivity index is 1.63. The molecule has 170 valence electrons. The number of amides is 1. The highest BCUT2D eigenvalue weighted by Gasteiger charge is 2.65. The van der Waals surface area contributed by atoms with Gasteiger partial charge in [0.05, 0.1) is 34.7 Å². The zero-order valence-electron chi connectivity index (χ0n) is 18.4. The maximum absolute atomic E-state index is 14.4. The summed E-state index contributed by atoms with van der Waals surface area (Å²) in [4.78, 5) is 17.2. The van der Waals surface area contributed by atoms with Crippen LogP contribution < -0.4 is 5.32 Å². The van der Waals surface area contributed by atoms with E-state index in [0.717, 1.165) is 29.8 Å². The number of fused-ring (bicyclic) bond motifs is 5. The van der Waals surface area contributed by atoms with Crippen LogP contribution in [0.5, 0.6) is 0 Å². The average Bonchev–Trinajstić information content (AvgIpc) is 3.18. The monoisotopic (exact) mass is 450 g/mol. The molecule has 0 spiro atoms. The summed E-state index contributed by atoms with van der Waals surface area (Å²) in [6, 6.07) is 10.8. The second kappa shape index (κ2) is 7.66. The Morgan fingerprint density at radius 3 is 2.61 bits per heavy atom. The molecule has 2 aliphatic rings. The predicted octanol–water partition coefficient (Wildman–Crippen LogP) is 3.74. The quantitative estimate of drug-likeness (QED) is 0.618. The molecule has 6 nitrogen and oxygen atoms in total. The third kappa shape index (κ3) is 3.00. The van der Waals surface area contributed by atoms with Gasteiger partial charge in [0.2, 0.25) is 0 Å². The second-order valence-electron chi connectivity index (χ2n) is 9.24. The normalized spacial score (nSPS) is 22.3. The molecule has 0 unspecified atom stereocenters. The number of aliphatic hydroxyl groups is 1. The summed E-state index contributed by atoms with van der Waals surface area (Å²) in [6.45, 7) is 4.29. The molecule has 1 aromatic carbocycles. The Hall–Kier alpha value is -3.26. The molecule has 2 heterocycles. The first-order valence-corrected chi connectivity index (χ1v) is 11.0. The van der Waals surface area contributed by atoms with Gasteiger partial charge in [-0.3, -0.25) is 4.79 Å². The van der Waals surface area contributed by atoms with Crippen molar-refractivity contribution in [3.05, 3.63) is 76.7 Å². The summed E-state index contributed by atoms with van der Waals surface area (Å²) in [7, 11) is 0. The smallest absolute Gasteiger partial charge is 0.269 e. The first-order chi connectivity index (χ1) is 15.8. The molecule has 2 atom stereocenters. The number of aromatic nitrogens is 3. The fourth-order valence-electron chi connectivity index (χ4n) is 5.82. The molecule has 8 heteroatoms. The summed E-state index contributed by atoms with van der Waals surface area (Å²) < 4.78 is 28.8. The number of hydrogen-bond acceptors (Lipinski definition) is 5. The van der Waals surface area contributed by atoms with Gasteiger partial charge in [-0.2, -0.15) is 5.10 Å². The van der Waals surface area contributed by atoms with Crippen molar-refractivity contribution < 1.29 is 18.7 Å². The van der Waals surface area contributed by atoms with E-state index >= 15 is 0 Å². The number of benzene rings is 1. The Morgan fingerprint density at radius 1 is 1.15 bits per heavy atom.